The van der Waals surface area contributed by atoms with Gasteiger partial charge in [-0.1, -0.05) is 6.07 Å². The standard InChI is InChI=1S/C17H20N6O2/c1-11-19-15(21-20-11)13-6-8-25-14(13)10-22(2)17(24)16-18-9-12-5-3-4-7-23(12)16/h3-5,7,9,13-14H,6,8,10H2,1-2H3,(H,19,20,21)/t13-,14-/m1/s1. The Hall–Kier alpha value is -2.74. The summed E-state index contributed by atoms with van der Waals surface area (Å²) in [5.74, 6) is 1.91. The maximum Gasteiger partial charge on any atom is 0.290 e. The Balaban J connectivity index is 1.51. The lowest BCUT2D eigenvalue weighted by atomic mass is 10.0. The minimum Gasteiger partial charge on any atom is -0.376 e. The SMILES string of the molecule is Cc1nc([C@@H]2CCO[C@@H]2CN(C)C(=O)c2ncc3ccccn23)n[nH]1. The average Bonchev–Trinajstić information content (AvgIpc) is 3.33. The molecule has 1 saturated heterocycles. The maximum absolute atomic E-state index is 12.8. The molecule has 0 unspecified atom stereocenters. The van der Waals surface area contributed by atoms with Crippen LogP contribution >= 0.6 is 0 Å². The van der Waals surface area contributed by atoms with Gasteiger partial charge in [-0.15, -0.1) is 0 Å². The molecule has 1 amide bonds. The molecule has 2 atom stereocenters. The molecule has 1 fully saturated rings. The number of hydrogen-bond donors (Lipinski definition) is 1. The highest BCUT2D eigenvalue weighted by Gasteiger charge is 2.34. The Kier molecular flexibility index (Phi) is 3.96. The number of pyridine rings is 1. The molecule has 25 heavy (non-hydrogen) atoms. The molecule has 4 rings (SSSR count). The van der Waals surface area contributed by atoms with E-state index in [1.807, 2.05) is 31.3 Å². The smallest absolute Gasteiger partial charge is 0.290 e. The molecule has 1 aliphatic rings. The van der Waals surface area contributed by atoms with Gasteiger partial charge in [0.1, 0.15) is 5.82 Å². The van der Waals surface area contributed by atoms with Crippen LogP contribution in [0.15, 0.2) is 30.6 Å². The minimum absolute atomic E-state index is 0.0946. The molecule has 8 nitrogen and oxygen atoms in total. The van der Waals surface area contributed by atoms with Gasteiger partial charge in [-0.25, -0.2) is 9.97 Å². The average molecular weight is 340 g/mol. The van der Waals surface area contributed by atoms with E-state index in [0.29, 0.717) is 19.0 Å². The second-order valence-corrected chi connectivity index (χ2v) is 6.35. The molecule has 1 aliphatic heterocycles. The van der Waals surface area contributed by atoms with Gasteiger partial charge in [0, 0.05) is 26.4 Å². The van der Waals surface area contributed by atoms with Crippen LogP contribution in [0.3, 0.4) is 0 Å². The summed E-state index contributed by atoms with van der Waals surface area (Å²) in [6.07, 6.45) is 4.28. The van der Waals surface area contributed by atoms with Gasteiger partial charge in [0.2, 0.25) is 5.82 Å². The van der Waals surface area contributed by atoms with Gasteiger partial charge in [0.15, 0.2) is 5.82 Å². The number of hydrogen-bond acceptors (Lipinski definition) is 5. The topological polar surface area (TPSA) is 88.4 Å². The fraction of sp³-hybridized carbons (Fsp3) is 0.412. The molecule has 8 heteroatoms. The highest BCUT2D eigenvalue weighted by molar-refractivity contribution is 5.91. The third-order valence-electron chi connectivity index (χ3n) is 4.59. The molecule has 3 aromatic rings. The van der Waals surface area contributed by atoms with E-state index < -0.39 is 0 Å². The van der Waals surface area contributed by atoms with Crippen LogP contribution in [-0.2, 0) is 4.74 Å². The first-order valence-corrected chi connectivity index (χ1v) is 8.31. The van der Waals surface area contributed by atoms with Crippen LogP contribution in [0, 0.1) is 6.92 Å². The van der Waals surface area contributed by atoms with Gasteiger partial charge in [-0.2, -0.15) is 5.10 Å². The number of carbonyl (C=O) groups excluding carboxylic acids is 1. The fourth-order valence-corrected chi connectivity index (χ4v) is 3.28. The Morgan fingerprint density at radius 3 is 3.16 bits per heavy atom. The fourth-order valence-electron chi connectivity index (χ4n) is 3.28. The van der Waals surface area contributed by atoms with Gasteiger partial charge in [0.05, 0.1) is 23.7 Å². The number of imidazole rings is 1. The van der Waals surface area contributed by atoms with E-state index in [0.717, 1.165) is 23.6 Å². The lowest BCUT2D eigenvalue weighted by Gasteiger charge is -2.23. The van der Waals surface area contributed by atoms with E-state index in [1.165, 1.54) is 0 Å². The van der Waals surface area contributed by atoms with Crippen LogP contribution < -0.4 is 0 Å². The van der Waals surface area contributed by atoms with Crippen LogP contribution in [0.4, 0.5) is 0 Å². The van der Waals surface area contributed by atoms with Crippen molar-refractivity contribution in [2.45, 2.75) is 25.4 Å². The lowest BCUT2D eigenvalue weighted by Crippen LogP contribution is -2.37. The molecule has 0 bridgehead atoms. The molecule has 0 radical (unpaired) electrons. The van der Waals surface area contributed by atoms with Crippen molar-refractivity contribution in [1.82, 2.24) is 29.5 Å². The Morgan fingerprint density at radius 2 is 2.36 bits per heavy atom. The van der Waals surface area contributed by atoms with Crippen LogP contribution in [0.2, 0.25) is 0 Å². The van der Waals surface area contributed by atoms with Crippen LogP contribution in [-0.4, -0.2) is 61.7 Å². The predicted molar refractivity (Wildman–Crippen MR) is 90.4 cm³/mol. The number of fused-ring (bicyclic) bond motifs is 1. The number of likely N-dealkylation sites (N-methyl/N-ethyl adjacent to an activating group) is 1. The summed E-state index contributed by atoms with van der Waals surface area (Å²) in [5.41, 5.74) is 0.894. The molecular weight excluding hydrogens is 320 g/mol. The highest BCUT2D eigenvalue weighted by atomic mass is 16.5. The third kappa shape index (κ3) is 2.89. The number of ether oxygens (including phenoxy) is 1. The predicted octanol–water partition coefficient (Wildman–Crippen LogP) is 1.41. The Morgan fingerprint density at radius 1 is 1.48 bits per heavy atom. The number of H-pyrrole nitrogens is 1. The zero-order chi connectivity index (χ0) is 17.4. The van der Waals surface area contributed by atoms with Crippen molar-refractivity contribution in [3.63, 3.8) is 0 Å². The molecule has 130 valence electrons. The first kappa shape index (κ1) is 15.8. The maximum atomic E-state index is 12.8. The normalized spacial score (nSPS) is 20.2. The summed E-state index contributed by atoms with van der Waals surface area (Å²) in [7, 11) is 1.77. The van der Waals surface area contributed by atoms with Gasteiger partial charge >= 0.3 is 0 Å². The van der Waals surface area contributed by atoms with E-state index in [2.05, 4.69) is 20.2 Å². The number of nitrogens with zero attached hydrogens (tertiary/aromatic N) is 5. The highest BCUT2D eigenvalue weighted by Crippen LogP contribution is 2.29. The second kappa shape index (κ2) is 6.29. The lowest BCUT2D eigenvalue weighted by molar-refractivity contribution is 0.0541. The zero-order valence-corrected chi connectivity index (χ0v) is 14.2. The molecular formula is C17H20N6O2. The van der Waals surface area contributed by atoms with Crippen molar-refractivity contribution in [3.05, 3.63) is 48.1 Å². The monoisotopic (exact) mass is 340 g/mol. The number of aryl methyl sites for hydroxylation is 1. The summed E-state index contributed by atoms with van der Waals surface area (Å²) in [4.78, 5) is 23.2. The van der Waals surface area contributed by atoms with E-state index in [9.17, 15) is 4.79 Å². The summed E-state index contributed by atoms with van der Waals surface area (Å²) in [6, 6.07) is 5.73. The number of aromatic nitrogens is 5. The number of nitrogens with one attached hydrogen (secondary N) is 1. The minimum atomic E-state index is -0.133. The van der Waals surface area contributed by atoms with Crippen molar-refractivity contribution in [1.29, 1.82) is 0 Å². The van der Waals surface area contributed by atoms with Gasteiger partial charge in [-0.05, 0) is 25.5 Å². The second-order valence-electron chi connectivity index (χ2n) is 6.35. The molecule has 3 aromatic heterocycles. The van der Waals surface area contributed by atoms with Gasteiger partial charge < -0.3 is 9.64 Å². The quantitative estimate of drug-likeness (QED) is 0.776. The molecule has 0 saturated carbocycles. The summed E-state index contributed by atoms with van der Waals surface area (Å²) in [5, 5.41) is 7.13. The van der Waals surface area contributed by atoms with Crippen LogP contribution in [0.25, 0.3) is 5.52 Å². The largest absolute Gasteiger partial charge is 0.376 e. The molecule has 0 aromatic carbocycles. The van der Waals surface area contributed by atoms with Crippen molar-refractivity contribution in [2.75, 3.05) is 20.2 Å². The third-order valence-corrected chi connectivity index (χ3v) is 4.59. The Labute approximate surface area is 144 Å². The molecule has 4 heterocycles. The van der Waals surface area contributed by atoms with E-state index in [-0.39, 0.29) is 17.9 Å². The zero-order valence-electron chi connectivity index (χ0n) is 14.2. The van der Waals surface area contributed by atoms with Crippen molar-refractivity contribution in [3.8, 4) is 0 Å². The Bertz CT molecular complexity index is 901. The van der Waals surface area contributed by atoms with E-state index >= 15 is 0 Å². The van der Waals surface area contributed by atoms with Crippen molar-refractivity contribution < 1.29 is 9.53 Å². The molecule has 0 aliphatic carbocycles. The van der Waals surface area contributed by atoms with E-state index in [4.69, 9.17) is 4.74 Å². The number of rotatable bonds is 4. The van der Waals surface area contributed by atoms with Crippen LogP contribution in [0.5, 0.6) is 0 Å². The number of amides is 1. The summed E-state index contributed by atoms with van der Waals surface area (Å²) < 4.78 is 7.64. The van der Waals surface area contributed by atoms with E-state index in [1.54, 1.807) is 22.5 Å². The summed E-state index contributed by atoms with van der Waals surface area (Å²) >= 11 is 0. The first-order valence-electron chi connectivity index (χ1n) is 8.31. The van der Waals surface area contributed by atoms with Gasteiger partial charge in [0.25, 0.3) is 5.91 Å². The van der Waals surface area contributed by atoms with Crippen molar-refractivity contribution in [2.24, 2.45) is 0 Å². The van der Waals surface area contributed by atoms with Gasteiger partial charge in [-0.3, -0.25) is 14.3 Å². The number of aromatic amines is 1. The van der Waals surface area contributed by atoms with Crippen LogP contribution in [0.1, 0.15) is 34.6 Å². The molecule has 0 spiro atoms. The summed E-state index contributed by atoms with van der Waals surface area (Å²) in [6.45, 7) is 3.00. The first-order chi connectivity index (χ1) is 12.1. The molecule has 1 N–H and O–H groups in total. The van der Waals surface area contributed by atoms with Crippen molar-refractivity contribution >= 4 is 11.4 Å². The number of carbonyl (C=O) groups is 1.